The molecular formula is C11H13Cl2F3N2O2S. The Kier molecular flexibility index (Phi) is 5.91. The van der Waals surface area contributed by atoms with Gasteiger partial charge in [0.15, 0.2) is 0 Å². The van der Waals surface area contributed by atoms with Gasteiger partial charge in [0.25, 0.3) is 0 Å². The molecule has 0 saturated heterocycles. The Morgan fingerprint density at radius 3 is 2.29 bits per heavy atom. The lowest BCUT2D eigenvalue weighted by Gasteiger charge is -2.19. The van der Waals surface area contributed by atoms with E-state index in [-0.39, 0.29) is 21.5 Å². The predicted molar refractivity (Wildman–Crippen MR) is 74.8 cm³/mol. The molecule has 1 aromatic carbocycles. The molecule has 0 bridgehead atoms. The van der Waals surface area contributed by atoms with Gasteiger partial charge in [-0.15, -0.1) is 0 Å². The Bertz CT molecular complexity index is 621. The summed E-state index contributed by atoms with van der Waals surface area (Å²) in [6.45, 7) is -0.729. The molecule has 10 heteroatoms. The standard InChI is InChI=1S/C11H13Cl2F3N2O2S/c1-18(3-2-11(14,15)16)21(19,20)10-4-7(6-17)8(12)5-9(10)13/h4-5H,2-3,6,17H2,1H3. The zero-order chi connectivity index (χ0) is 16.4. The van der Waals surface area contributed by atoms with E-state index in [9.17, 15) is 21.6 Å². The highest BCUT2D eigenvalue weighted by atomic mass is 35.5. The van der Waals surface area contributed by atoms with Gasteiger partial charge in [0.1, 0.15) is 4.90 Å². The second kappa shape index (κ2) is 6.70. The van der Waals surface area contributed by atoms with Gasteiger partial charge in [-0.05, 0) is 17.7 Å². The van der Waals surface area contributed by atoms with Crippen LogP contribution < -0.4 is 5.73 Å². The maximum atomic E-state index is 12.2. The highest BCUT2D eigenvalue weighted by Crippen LogP contribution is 2.30. The van der Waals surface area contributed by atoms with Crippen LogP contribution in [0.25, 0.3) is 0 Å². The van der Waals surface area contributed by atoms with Crippen molar-refractivity contribution in [2.24, 2.45) is 5.73 Å². The van der Waals surface area contributed by atoms with E-state index in [1.807, 2.05) is 0 Å². The molecule has 0 fully saturated rings. The van der Waals surface area contributed by atoms with E-state index < -0.39 is 29.2 Å². The van der Waals surface area contributed by atoms with Crippen molar-refractivity contribution < 1.29 is 21.6 Å². The lowest BCUT2D eigenvalue weighted by molar-refractivity contribution is -0.135. The zero-order valence-corrected chi connectivity index (χ0v) is 13.2. The second-order valence-corrected chi connectivity index (χ2v) is 7.10. The fourth-order valence-corrected chi connectivity index (χ4v) is 3.51. The minimum Gasteiger partial charge on any atom is -0.326 e. The van der Waals surface area contributed by atoms with Crippen molar-refractivity contribution in [3.8, 4) is 0 Å². The summed E-state index contributed by atoms with van der Waals surface area (Å²) in [4.78, 5) is -0.321. The number of hydrogen-bond donors (Lipinski definition) is 1. The molecule has 1 aromatic rings. The number of nitrogens with zero attached hydrogens (tertiary/aromatic N) is 1. The van der Waals surface area contributed by atoms with E-state index in [0.717, 1.165) is 7.05 Å². The van der Waals surface area contributed by atoms with E-state index >= 15 is 0 Å². The molecule has 0 aliphatic carbocycles. The Morgan fingerprint density at radius 2 is 1.81 bits per heavy atom. The van der Waals surface area contributed by atoms with Gasteiger partial charge in [0.05, 0.1) is 11.4 Å². The van der Waals surface area contributed by atoms with Crippen molar-refractivity contribution in [2.75, 3.05) is 13.6 Å². The van der Waals surface area contributed by atoms with Crippen LogP contribution in [0.15, 0.2) is 17.0 Å². The average molecular weight is 365 g/mol. The lowest BCUT2D eigenvalue weighted by atomic mass is 10.2. The summed E-state index contributed by atoms with van der Waals surface area (Å²) < 4.78 is 61.6. The summed E-state index contributed by atoms with van der Waals surface area (Å²) in [5.41, 5.74) is 5.76. The molecule has 21 heavy (non-hydrogen) atoms. The van der Waals surface area contributed by atoms with Crippen LogP contribution in [0.2, 0.25) is 10.0 Å². The van der Waals surface area contributed by atoms with Gasteiger partial charge in [0, 0.05) is 25.2 Å². The van der Waals surface area contributed by atoms with Gasteiger partial charge in [-0.25, -0.2) is 12.7 Å². The third-order valence-corrected chi connectivity index (χ3v) is 5.39. The highest BCUT2D eigenvalue weighted by molar-refractivity contribution is 7.89. The number of rotatable bonds is 5. The molecule has 0 unspecified atom stereocenters. The monoisotopic (exact) mass is 364 g/mol. The molecule has 0 aliphatic rings. The van der Waals surface area contributed by atoms with Gasteiger partial charge in [-0.3, -0.25) is 0 Å². The molecule has 0 heterocycles. The zero-order valence-electron chi connectivity index (χ0n) is 10.9. The molecule has 0 saturated carbocycles. The fraction of sp³-hybridized carbons (Fsp3) is 0.455. The van der Waals surface area contributed by atoms with Crippen molar-refractivity contribution in [1.82, 2.24) is 4.31 Å². The largest absolute Gasteiger partial charge is 0.390 e. The van der Waals surface area contributed by atoms with Crippen molar-refractivity contribution in [3.63, 3.8) is 0 Å². The third kappa shape index (κ3) is 4.72. The summed E-state index contributed by atoms with van der Waals surface area (Å²) in [5.74, 6) is 0. The normalized spacial score (nSPS) is 13.0. The van der Waals surface area contributed by atoms with E-state index in [2.05, 4.69) is 0 Å². The maximum absolute atomic E-state index is 12.2. The molecule has 120 valence electrons. The minimum absolute atomic E-state index is 0.0230. The molecule has 2 N–H and O–H groups in total. The van der Waals surface area contributed by atoms with Crippen molar-refractivity contribution >= 4 is 33.2 Å². The van der Waals surface area contributed by atoms with Crippen LogP contribution in [0.5, 0.6) is 0 Å². The lowest BCUT2D eigenvalue weighted by Crippen LogP contribution is -2.31. The van der Waals surface area contributed by atoms with Gasteiger partial charge in [-0.2, -0.15) is 13.2 Å². The summed E-state index contributed by atoms with van der Waals surface area (Å²) in [7, 11) is -3.10. The molecule has 0 spiro atoms. The molecule has 4 nitrogen and oxygen atoms in total. The third-order valence-electron chi connectivity index (χ3n) is 2.72. The molecule has 0 aliphatic heterocycles. The Balaban J connectivity index is 3.13. The van der Waals surface area contributed by atoms with Gasteiger partial charge < -0.3 is 5.73 Å². The SMILES string of the molecule is CN(CCC(F)(F)F)S(=O)(=O)c1cc(CN)c(Cl)cc1Cl. The van der Waals surface area contributed by atoms with E-state index in [4.69, 9.17) is 28.9 Å². The number of halogens is 5. The molecule has 1 rings (SSSR count). The van der Waals surface area contributed by atoms with E-state index in [1.54, 1.807) is 0 Å². The van der Waals surface area contributed by atoms with Gasteiger partial charge >= 0.3 is 6.18 Å². The molecule has 0 atom stereocenters. The number of sulfonamides is 1. The van der Waals surface area contributed by atoms with Crippen LogP contribution in [0.4, 0.5) is 13.2 Å². The first-order chi connectivity index (χ1) is 9.49. The first-order valence-electron chi connectivity index (χ1n) is 5.70. The molecule has 0 radical (unpaired) electrons. The first kappa shape index (κ1) is 18.5. The molecular weight excluding hydrogens is 352 g/mol. The van der Waals surface area contributed by atoms with Crippen molar-refractivity contribution in [2.45, 2.75) is 24.0 Å². The number of alkyl halides is 3. The van der Waals surface area contributed by atoms with Crippen LogP contribution >= 0.6 is 23.2 Å². The van der Waals surface area contributed by atoms with E-state index in [0.29, 0.717) is 9.87 Å². The summed E-state index contributed by atoms with van der Waals surface area (Å²) in [5, 5.41) is 0.0236. The maximum Gasteiger partial charge on any atom is 0.390 e. The van der Waals surface area contributed by atoms with Crippen LogP contribution in [-0.4, -0.2) is 32.5 Å². The number of hydrogen-bond acceptors (Lipinski definition) is 3. The van der Waals surface area contributed by atoms with Gasteiger partial charge in [-0.1, -0.05) is 23.2 Å². The van der Waals surface area contributed by atoms with Crippen LogP contribution in [0.1, 0.15) is 12.0 Å². The smallest absolute Gasteiger partial charge is 0.326 e. The fourth-order valence-electron chi connectivity index (χ4n) is 1.50. The molecule has 0 amide bonds. The van der Waals surface area contributed by atoms with Gasteiger partial charge in [0.2, 0.25) is 10.0 Å². The van der Waals surface area contributed by atoms with Crippen molar-refractivity contribution in [3.05, 3.63) is 27.7 Å². The van der Waals surface area contributed by atoms with Crippen LogP contribution in [0.3, 0.4) is 0 Å². The van der Waals surface area contributed by atoms with E-state index in [1.165, 1.54) is 12.1 Å². The number of nitrogens with two attached hydrogens (primary N) is 1. The van der Waals surface area contributed by atoms with Crippen molar-refractivity contribution in [1.29, 1.82) is 0 Å². The summed E-state index contributed by atoms with van der Waals surface area (Å²) >= 11 is 11.7. The second-order valence-electron chi connectivity index (χ2n) is 4.27. The quantitative estimate of drug-likeness (QED) is 0.873. The molecule has 0 aromatic heterocycles. The number of benzene rings is 1. The average Bonchev–Trinajstić information content (AvgIpc) is 2.34. The minimum atomic E-state index is -4.45. The summed E-state index contributed by atoms with van der Waals surface area (Å²) in [6.07, 6.45) is -5.70. The Hall–Kier alpha value is -0.540. The Labute approximate surface area is 130 Å². The van der Waals surface area contributed by atoms with Crippen LogP contribution in [0, 0.1) is 0 Å². The topological polar surface area (TPSA) is 63.4 Å². The highest BCUT2D eigenvalue weighted by Gasteiger charge is 2.31. The van der Waals surface area contributed by atoms with Crippen LogP contribution in [-0.2, 0) is 16.6 Å². The summed E-state index contributed by atoms with van der Waals surface area (Å²) in [6, 6.07) is 2.37. The predicted octanol–water partition coefficient (Wildman–Crippen LogP) is 3.03. The first-order valence-corrected chi connectivity index (χ1v) is 7.89. The Morgan fingerprint density at radius 1 is 1.24 bits per heavy atom.